The van der Waals surface area contributed by atoms with Crippen LogP contribution in [-0.2, 0) is 9.53 Å². The molecule has 42 heavy (non-hydrogen) atoms. The normalized spacial score (nSPS) is 11.7. The summed E-state index contributed by atoms with van der Waals surface area (Å²) in [5.41, 5.74) is 0. The summed E-state index contributed by atoms with van der Waals surface area (Å²) in [7, 11) is 0. The first-order valence-corrected chi connectivity index (χ1v) is 19.5. The number of carbonyl (C=O) groups is 1. The SMILES string of the molecule is CCCCCCCCC=CCCCCCCCCCCCCOC(=O)CCCCCCCCCCCCCCC(C)C. The quantitative estimate of drug-likeness (QED) is 0.0417. The van der Waals surface area contributed by atoms with Gasteiger partial charge in [-0.05, 0) is 44.4 Å². The molecule has 0 saturated heterocycles. The van der Waals surface area contributed by atoms with Gasteiger partial charge in [-0.1, -0.05) is 193 Å². The number of hydrogen-bond acceptors (Lipinski definition) is 2. The number of esters is 1. The zero-order chi connectivity index (χ0) is 30.6. The molecule has 0 aliphatic carbocycles. The van der Waals surface area contributed by atoms with Gasteiger partial charge in [0.1, 0.15) is 0 Å². The van der Waals surface area contributed by atoms with Crippen molar-refractivity contribution in [3.63, 3.8) is 0 Å². The van der Waals surface area contributed by atoms with Crippen LogP contribution in [0.4, 0.5) is 0 Å². The molecule has 0 rings (SSSR count). The third-order valence-corrected chi connectivity index (χ3v) is 8.83. The van der Waals surface area contributed by atoms with E-state index in [0.29, 0.717) is 13.0 Å². The number of carbonyl (C=O) groups excluding carboxylic acids is 1. The topological polar surface area (TPSA) is 26.3 Å². The van der Waals surface area contributed by atoms with E-state index in [1.54, 1.807) is 0 Å². The van der Waals surface area contributed by atoms with Crippen molar-refractivity contribution in [3.05, 3.63) is 12.2 Å². The van der Waals surface area contributed by atoms with Crippen LogP contribution in [-0.4, -0.2) is 12.6 Å². The number of ether oxygens (including phenoxy) is 1. The van der Waals surface area contributed by atoms with Gasteiger partial charge < -0.3 is 4.74 Å². The van der Waals surface area contributed by atoms with Gasteiger partial charge in [-0.3, -0.25) is 4.79 Å². The van der Waals surface area contributed by atoms with Crippen LogP contribution in [0.15, 0.2) is 12.2 Å². The molecule has 0 aromatic rings. The van der Waals surface area contributed by atoms with Crippen LogP contribution < -0.4 is 0 Å². The van der Waals surface area contributed by atoms with E-state index in [1.807, 2.05) is 0 Å². The van der Waals surface area contributed by atoms with Crippen LogP contribution >= 0.6 is 0 Å². The first-order chi connectivity index (χ1) is 20.7. The molecule has 0 aliphatic rings. The molecule has 0 aliphatic heterocycles. The highest BCUT2D eigenvalue weighted by Gasteiger charge is 2.03. The second kappa shape index (κ2) is 36.4. The van der Waals surface area contributed by atoms with Crippen molar-refractivity contribution in [1.29, 1.82) is 0 Å². The molecular weight excluding hydrogens is 512 g/mol. The fourth-order valence-corrected chi connectivity index (χ4v) is 5.90. The van der Waals surface area contributed by atoms with E-state index in [4.69, 9.17) is 4.74 Å². The molecule has 2 nitrogen and oxygen atoms in total. The molecular formula is C40H78O2. The van der Waals surface area contributed by atoms with Gasteiger partial charge in [0.2, 0.25) is 0 Å². The van der Waals surface area contributed by atoms with E-state index in [2.05, 4.69) is 32.9 Å². The van der Waals surface area contributed by atoms with Gasteiger partial charge in [0.25, 0.3) is 0 Å². The molecule has 0 amide bonds. The summed E-state index contributed by atoms with van der Waals surface area (Å²) < 4.78 is 5.45. The largest absolute Gasteiger partial charge is 0.466 e. The number of hydrogen-bond donors (Lipinski definition) is 0. The molecule has 0 atom stereocenters. The zero-order valence-electron chi connectivity index (χ0n) is 29.4. The predicted octanol–water partition coefficient (Wildman–Crippen LogP) is 14.2. The van der Waals surface area contributed by atoms with Crippen molar-refractivity contribution in [1.82, 2.24) is 0 Å². The Hall–Kier alpha value is -0.790. The summed E-state index contributed by atoms with van der Waals surface area (Å²) in [5.74, 6) is 0.893. The molecule has 0 aromatic carbocycles. The van der Waals surface area contributed by atoms with E-state index in [-0.39, 0.29) is 5.97 Å². The van der Waals surface area contributed by atoms with Gasteiger partial charge in [0, 0.05) is 6.42 Å². The Morgan fingerprint density at radius 3 is 1.26 bits per heavy atom. The van der Waals surface area contributed by atoms with Crippen LogP contribution in [0.1, 0.15) is 226 Å². The van der Waals surface area contributed by atoms with E-state index in [0.717, 1.165) is 18.8 Å². The standard InChI is InChI=1S/C40H78O2/c1-4-5-6-7-8-9-10-11-12-13-14-15-16-17-20-23-26-29-32-35-38-42-40(41)37-34-31-28-25-22-19-18-21-24-27-30-33-36-39(2)3/h11-12,39H,4-10,13-38H2,1-3H3. The van der Waals surface area contributed by atoms with Crippen molar-refractivity contribution < 1.29 is 9.53 Å². The molecule has 0 heterocycles. The van der Waals surface area contributed by atoms with Crippen LogP contribution in [0.3, 0.4) is 0 Å². The minimum absolute atomic E-state index is 0.0247. The smallest absolute Gasteiger partial charge is 0.305 e. The Labute approximate surface area is 266 Å². The van der Waals surface area contributed by atoms with Crippen molar-refractivity contribution in [2.24, 2.45) is 5.92 Å². The lowest BCUT2D eigenvalue weighted by atomic mass is 10.0. The third kappa shape index (κ3) is 37.2. The first-order valence-electron chi connectivity index (χ1n) is 19.5. The summed E-state index contributed by atoms with van der Waals surface area (Å²) in [6.07, 6.45) is 47.1. The minimum atomic E-state index is 0.0247. The average Bonchev–Trinajstić information content (AvgIpc) is 2.98. The van der Waals surface area contributed by atoms with E-state index in [9.17, 15) is 4.79 Å². The lowest BCUT2D eigenvalue weighted by Crippen LogP contribution is -2.05. The van der Waals surface area contributed by atoms with Crippen LogP contribution in [0.5, 0.6) is 0 Å². The van der Waals surface area contributed by atoms with Crippen molar-refractivity contribution in [2.45, 2.75) is 226 Å². The second-order valence-corrected chi connectivity index (χ2v) is 13.7. The van der Waals surface area contributed by atoms with Gasteiger partial charge in [-0.2, -0.15) is 0 Å². The van der Waals surface area contributed by atoms with Gasteiger partial charge in [-0.25, -0.2) is 0 Å². The van der Waals surface area contributed by atoms with Crippen molar-refractivity contribution in [3.8, 4) is 0 Å². The Morgan fingerprint density at radius 2 is 0.833 bits per heavy atom. The van der Waals surface area contributed by atoms with Gasteiger partial charge in [0.15, 0.2) is 0 Å². The molecule has 0 unspecified atom stereocenters. The summed E-state index contributed by atoms with van der Waals surface area (Å²) in [6.45, 7) is 7.57. The molecule has 0 N–H and O–H groups in total. The summed E-state index contributed by atoms with van der Waals surface area (Å²) in [6, 6.07) is 0. The highest BCUT2D eigenvalue weighted by atomic mass is 16.5. The molecule has 0 radical (unpaired) electrons. The van der Waals surface area contributed by atoms with Crippen LogP contribution in [0, 0.1) is 5.92 Å². The summed E-state index contributed by atoms with van der Waals surface area (Å²) >= 11 is 0. The van der Waals surface area contributed by atoms with Crippen LogP contribution in [0.2, 0.25) is 0 Å². The van der Waals surface area contributed by atoms with Crippen molar-refractivity contribution in [2.75, 3.05) is 6.61 Å². The Kier molecular flexibility index (Phi) is 35.7. The van der Waals surface area contributed by atoms with E-state index < -0.39 is 0 Å². The monoisotopic (exact) mass is 591 g/mol. The maximum absolute atomic E-state index is 12.0. The molecule has 0 aromatic heterocycles. The zero-order valence-corrected chi connectivity index (χ0v) is 29.4. The molecule has 0 fully saturated rings. The summed E-state index contributed by atoms with van der Waals surface area (Å²) in [4.78, 5) is 12.0. The molecule has 250 valence electrons. The Balaban J connectivity index is 3.18. The molecule has 2 heteroatoms. The van der Waals surface area contributed by atoms with Gasteiger partial charge in [-0.15, -0.1) is 0 Å². The number of unbranched alkanes of at least 4 members (excludes halogenated alkanes) is 27. The molecule has 0 spiro atoms. The number of allylic oxidation sites excluding steroid dienone is 2. The highest BCUT2D eigenvalue weighted by Crippen LogP contribution is 2.15. The summed E-state index contributed by atoms with van der Waals surface area (Å²) in [5, 5.41) is 0. The fourth-order valence-electron chi connectivity index (χ4n) is 5.90. The highest BCUT2D eigenvalue weighted by molar-refractivity contribution is 5.69. The lowest BCUT2D eigenvalue weighted by Gasteiger charge is -2.06. The molecule has 0 bridgehead atoms. The van der Waals surface area contributed by atoms with E-state index in [1.165, 1.54) is 186 Å². The Morgan fingerprint density at radius 1 is 0.476 bits per heavy atom. The maximum Gasteiger partial charge on any atom is 0.305 e. The molecule has 0 saturated carbocycles. The van der Waals surface area contributed by atoms with Crippen LogP contribution in [0.25, 0.3) is 0 Å². The lowest BCUT2D eigenvalue weighted by molar-refractivity contribution is -0.143. The Bertz CT molecular complexity index is 538. The van der Waals surface area contributed by atoms with Gasteiger partial charge in [0.05, 0.1) is 6.61 Å². The predicted molar refractivity (Wildman–Crippen MR) is 188 cm³/mol. The third-order valence-electron chi connectivity index (χ3n) is 8.83. The number of rotatable bonds is 35. The minimum Gasteiger partial charge on any atom is -0.466 e. The van der Waals surface area contributed by atoms with Crippen molar-refractivity contribution >= 4 is 5.97 Å². The average molecular weight is 591 g/mol. The van der Waals surface area contributed by atoms with E-state index >= 15 is 0 Å². The van der Waals surface area contributed by atoms with Gasteiger partial charge >= 0.3 is 5.97 Å². The maximum atomic E-state index is 12.0. The first kappa shape index (κ1) is 41.2. The fraction of sp³-hybridized carbons (Fsp3) is 0.925. The second-order valence-electron chi connectivity index (χ2n) is 13.7.